The number of rotatable bonds is 4. The zero-order valence-electron chi connectivity index (χ0n) is 14.0. The number of nitrogens with two attached hydrogens (primary N) is 1. The number of halogens is 1. The highest BCUT2D eigenvalue weighted by molar-refractivity contribution is 14.0. The molecule has 0 spiro atoms. The Hall–Kier alpha value is -0.820. The molecule has 0 saturated carbocycles. The van der Waals surface area contributed by atoms with E-state index in [0.717, 1.165) is 12.1 Å². The minimum Gasteiger partial charge on any atom is -0.379 e. The molecule has 3 N–H and O–H groups in total. The first-order chi connectivity index (χ1) is 9.90. The van der Waals surface area contributed by atoms with Gasteiger partial charge in [0, 0.05) is 12.8 Å². The third-order valence-electron chi connectivity index (χ3n) is 4.05. The summed E-state index contributed by atoms with van der Waals surface area (Å²) in [7, 11) is 1.72. The Morgan fingerprint density at radius 1 is 1.32 bits per heavy atom. The van der Waals surface area contributed by atoms with Crippen LogP contribution >= 0.6 is 24.0 Å². The highest BCUT2D eigenvalue weighted by Crippen LogP contribution is 2.25. The van der Waals surface area contributed by atoms with Crippen molar-refractivity contribution in [1.29, 1.82) is 0 Å². The molecule has 1 unspecified atom stereocenters. The van der Waals surface area contributed by atoms with Gasteiger partial charge in [0.15, 0.2) is 5.96 Å². The van der Waals surface area contributed by atoms with Crippen LogP contribution in [0.5, 0.6) is 0 Å². The van der Waals surface area contributed by atoms with E-state index in [1.807, 2.05) is 0 Å². The van der Waals surface area contributed by atoms with Gasteiger partial charge in [-0.2, -0.15) is 0 Å². The first-order valence-electron chi connectivity index (χ1n) is 7.61. The van der Waals surface area contributed by atoms with Crippen molar-refractivity contribution in [3.63, 3.8) is 0 Å². The average molecular weight is 417 g/mol. The monoisotopic (exact) mass is 417 g/mol. The number of aryl methyl sites for hydroxylation is 2. The first kappa shape index (κ1) is 19.2. The van der Waals surface area contributed by atoms with Crippen LogP contribution in [-0.4, -0.2) is 25.7 Å². The average Bonchev–Trinajstić information content (AvgIpc) is 2.85. The van der Waals surface area contributed by atoms with Gasteiger partial charge in [0.05, 0.1) is 12.6 Å². The van der Waals surface area contributed by atoms with Crippen LogP contribution in [0, 0.1) is 5.41 Å². The number of hydrogen-bond donors (Lipinski definition) is 2. The van der Waals surface area contributed by atoms with Crippen molar-refractivity contribution in [1.82, 2.24) is 0 Å². The number of nitrogens with zero attached hydrogens (tertiary/aromatic N) is 1. The Balaban J connectivity index is 0.00000242. The van der Waals surface area contributed by atoms with Gasteiger partial charge in [0.25, 0.3) is 0 Å². The predicted molar refractivity (Wildman–Crippen MR) is 104 cm³/mol. The fourth-order valence-electron chi connectivity index (χ4n) is 2.72. The van der Waals surface area contributed by atoms with Crippen LogP contribution < -0.4 is 11.1 Å². The first-order valence-corrected chi connectivity index (χ1v) is 7.61. The van der Waals surface area contributed by atoms with Crippen molar-refractivity contribution in [2.45, 2.75) is 46.1 Å². The van der Waals surface area contributed by atoms with Crippen molar-refractivity contribution in [2.24, 2.45) is 16.1 Å². The molecule has 1 aliphatic carbocycles. The van der Waals surface area contributed by atoms with Crippen molar-refractivity contribution >= 4 is 35.6 Å². The lowest BCUT2D eigenvalue weighted by Gasteiger charge is -2.27. The number of methoxy groups -OCH3 is 1. The van der Waals surface area contributed by atoms with Gasteiger partial charge in [-0.1, -0.05) is 26.8 Å². The predicted octanol–water partition coefficient (Wildman–Crippen LogP) is 3.58. The largest absolute Gasteiger partial charge is 0.379 e. The van der Waals surface area contributed by atoms with E-state index in [1.54, 1.807) is 7.11 Å². The number of ether oxygens (including phenoxy) is 1. The Kier molecular flexibility index (Phi) is 7.12. The fourth-order valence-corrected chi connectivity index (χ4v) is 2.72. The van der Waals surface area contributed by atoms with Gasteiger partial charge >= 0.3 is 0 Å². The van der Waals surface area contributed by atoms with Gasteiger partial charge in [-0.25, -0.2) is 0 Å². The Labute approximate surface area is 150 Å². The number of benzene rings is 1. The lowest BCUT2D eigenvalue weighted by atomic mass is 9.89. The van der Waals surface area contributed by atoms with Crippen LogP contribution in [0.25, 0.3) is 0 Å². The second kappa shape index (κ2) is 8.15. The Bertz CT molecular complexity index is 523. The summed E-state index contributed by atoms with van der Waals surface area (Å²) in [6.45, 7) is 6.98. The van der Waals surface area contributed by atoms with Crippen molar-refractivity contribution in [2.75, 3.05) is 19.0 Å². The van der Waals surface area contributed by atoms with E-state index in [9.17, 15) is 0 Å². The summed E-state index contributed by atoms with van der Waals surface area (Å²) >= 11 is 0. The maximum Gasteiger partial charge on any atom is 0.193 e. The van der Waals surface area contributed by atoms with E-state index in [2.05, 4.69) is 49.3 Å². The lowest BCUT2D eigenvalue weighted by Crippen LogP contribution is -2.33. The molecule has 5 heteroatoms. The van der Waals surface area contributed by atoms with E-state index in [0.29, 0.717) is 12.5 Å². The molecular weight excluding hydrogens is 389 g/mol. The summed E-state index contributed by atoms with van der Waals surface area (Å²) < 4.78 is 5.49. The zero-order valence-corrected chi connectivity index (χ0v) is 16.3. The molecule has 124 valence electrons. The third kappa shape index (κ3) is 5.12. The van der Waals surface area contributed by atoms with Crippen LogP contribution in [0.4, 0.5) is 5.69 Å². The normalized spacial score (nSPS) is 15.9. The number of nitrogens with one attached hydrogen (secondary N) is 1. The van der Waals surface area contributed by atoms with Crippen LogP contribution in [0.1, 0.15) is 38.3 Å². The summed E-state index contributed by atoms with van der Waals surface area (Å²) in [5, 5.41) is 3.17. The van der Waals surface area contributed by atoms with E-state index >= 15 is 0 Å². The molecule has 22 heavy (non-hydrogen) atoms. The number of hydrogen-bond acceptors (Lipinski definition) is 2. The van der Waals surface area contributed by atoms with Crippen molar-refractivity contribution in [3.05, 3.63) is 29.3 Å². The minimum absolute atomic E-state index is 0. The van der Waals surface area contributed by atoms with Gasteiger partial charge < -0.3 is 15.8 Å². The highest BCUT2D eigenvalue weighted by Gasteiger charge is 2.23. The maximum absolute atomic E-state index is 5.98. The van der Waals surface area contributed by atoms with E-state index in [1.165, 1.54) is 24.0 Å². The number of aliphatic imine (C=N–C) groups is 1. The second-order valence-electron chi connectivity index (χ2n) is 6.78. The molecule has 1 aromatic carbocycles. The van der Waals surface area contributed by atoms with Gasteiger partial charge in [0.2, 0.25) is 0 Å². The van der Waals surface area contributed by atoms with Gasteiger partial charge in [-0.15, -0.1) is 24.0 Å². The van der Waals surface area contributed by atoms with Crippen molar-refractivity contribution < 1.29 is 4.74 Å². The third-order valence-corrected chi connectivity index (χ3v) is 4.05. The summed E-state index contributed by atoms with van der Waals surface area (Å²) in [5.74, 6) is 0.444. The molecule has 0 amide bonds. The minimum atomic E-state index is 0. The molecule has 1 atom stereocenters. The number of anilines is 1. The quantitative estimate of drug-likeness (QED) is 0.447. The summed E-state index contributed by atoms with van der Waals surface area (Å²) in [5.41, 5.74) is 9.93. The summed E-state index contributed by atoms with van der Waals surface area (Å²) in [6, 6.07) is 6.44. The molecule has 0 aliphatic heterocycles. The summed E-state index contributed by atoms with van der Waals surface area (Å²) in [4.78, 5) is 4.41. The summed E-state index contributed by atoms with van der Waals surface area (Å²) in [6.07, 6.45) is 3.67. The topological polar surface area (TPSA) is 59.6 Å². The van der Waals surface area contributed by atoms with Crippen LogP contribution in [0.2, 0.25) is 0 Å². The van der Waals surface area contributed by atoms with Crippen LogP contribution in [0.3, 0.4) is 0 Å². The maximum atomic E-state index is 5.98. The molecule has 0 fully saturated rings. The molecule has 1 aromatic rings. The van der Waals surface area contributed by atoms with Crippen molar-refractivity contribution in [3.8, 4) is 0 Å². The lowest BCUT2D eigenvalue weighted by molar-refractivity contribution is 0.0242. The molecule has 0 bridgehead atoms. The Morgan fingerprint density at radius 2 is 2.00 bits per heavy atom. The standard InChI is InChI=1S/C17H27N3O.HI/c1-17(2,3)15(21-4)11-19-16(18)20-14-9-8-12-6-5-7-13(12)10-14;/h8-10,15H,5-7,11H2,1-4H3,(H3,18,19,20);1H. The van der Waals surface area contributed by atoms with E-state index in [4.69, 9.17) is 10.5 Å². The smallest absolute Gasteiger partial charge is 0.193 e. The molecule has 4 nitrogen and oxygen atoms in total. The van der Waals surface area contributed by atoms with Crippen LogP contribution in [0.15, 0.2) is 23.2 Å². The van der Waals surface area contributed by atoms with Gasteiger partial charge in [-0.3, -0.25) is 4.99 Å². The molecule has 1 aliphatic rings. The molecule has 0 radical (unpaired) electrons. The van der Waals surface area contributed by atoms with E-state index in [-0.39, 0.29) is 35.5 Å². The molecule has 0 aromatic heterocycles. The molecule has 0 heterocycles. The van der Waals surface area contributed by atoms with Gasteiger partial charge in [0.1, 0.15) is 0 Å². The van der Waals surface area contributed by atoms with E-state index < -0.39 is 0 Å². The second-order valence-corrected chi connectivity index (χ2v) is 6.78. The Morgan fingerprint density at radius 3 is 2.64 bits per heavy atom. The fraction of sp³-hybridized carbons (Fsp3) is 0.588. The number of fused-ring (bicyclic) bond motifs is 1. The molecular formula is C17H28IN3O. The molecule has 0 saturated heterocycles. The highest BCUT2D eigenvalue weighted by atomic mass is 127. The van der Waals surface area contributed by atoms with Gasteiger partial charge in [-0.05, 0) is 47.9 Å². The number of guanidine groups is 1. The molecule has 2 rings (SSSR count). The SMILES string of the molecule is COC(CN=C(N)Nc1ccc2c(c1)CCC2)C(C)(C)C.I. The zero-order chi connectivity index (χ0) is 15.5. The van der Waals surface area contributed by atoms with Crippen LogP contribution in [-0.2, 0) is 17.6 Å².